The monoisotopic (exact) mass is 255 g/mol. The Morgan fingerprint density at radius 3 is 2.89 bits per heavy atom. The second kappa shape index (κ2) is 7.29. The fraction of sp³-hybridized carbons (Fsp3) is 0.364. The maximum Gasteiger partial charge on any atom is 0.261 e. The number of hydrogen-bond acceptors (Lipinski definition) is 4. The number of nitrogens with zero attached hydrogens (tertiary/aromatic N) is 2. The van der Waals surface area contributed by atoms with Gasteiger partial charge in [0.2, 0.25) is 5.91 Å². The summed E-state index contributed by atoms with van der Waals surface area (Å²) in [5, 5.41) is 11.0. The number of rotatable bonds is 6. The first-order valence-electron chi connectivity index (χ1n) is 5.13. The summed E-state index contributed by atoms with van der Waals surface area (Å²) in [6.45, 7) is -0.755. The maximum atomic E-state index is 11.7. The maximum absolute atomic E-state index is 11.7. The molecule has 1 aromatic heterocycles. The van der Waals surface area contributed by atoms with Crippen LogP contribution in [-0.4, -0.2) is 30.5 Å². The third kappa shape index (κ3) is 5.32. The van der Waals surface area contributed by atoms with Gasteiger partial charge in [0.15, 0.2) is 0 Å². The van der Waals surface area contributed by atoms with Gasteiger partial charge in [0.1, 0.15) is 18.5 Å². The SMILES string of the molecule is N#Cc1ccc(NC(=O)CCOCC(F)F)nc1. The molecule has 0 saturated heterocycles. The summed E-state index contributed by atoms with van der Waals surface area (Å²) >= 11 is 0. The summed E-state index contributed by atoms with van der Waals surface area (Å²) in [6.07, 6.45) is -1.25. The third-order valence-electron chi connectivity index (χ3n) is 1.88. The van der Waals surface area contributed by atoms with Crippen molar-refractivity contribution in [1.82, 2.24) is 4.98 Å². The van der Waals surface area contributed by atoms with Gasteiger partial charge in [0.05, 0.1) is 18.6 Å². The highest BCUT2D eigenvalue weighted by Gasteiger charge is 2.05. The number of ether oxygens (including phenoxy) is 1. The summed E-state index contributed by atoms with van der Waals surface area (Å²) in [6, 6.07) is 4.89. The molecular formula is C11H11F2N3O2. The molecular weight excluding hydrogens is 244 g/mol. The average Bonchev–Trinajstić information content (AvgIpc) is 2.35. The Kier molecular flexibility index (Phi) is 5.67. The number of anilines is 1. The first kappa shape index (κ1) is 14.0. The second-order valence-electron chi connectivity index (χ2n) is 3.31. The van der Waals surface area contributed by atoms with Gasteiger partial charge in [0.25, 0.3) is 6.43 Å². The van der Waals surface area contributed by atoms with Crippen LogP contribution in [0.15, 0.2) is 18.3 Å². The Morgan fingerprint density at radius 2 is 2.33 bits per heavy atom. The smallest absolute Gasteiger partial charge is 0.261 e. The number of hydrogen-bond donors (Lipinski definition) is 1. The molecule has 1 amide bonds. The summed E-state index contributed by atoms with van der Waals surface area (Å²) in [5.74, 6) is -0.0886. The van der Waals surface area contributed by atoms with Crippen LogP contribution in [0.4, 0.5) is 14.6 Å². The molecule has 1 aromatic rings. The van der Waals surface area contributed by atoms with E-state index < -0.39 is 13.0 Å². The van der Waals surface area contributed by atoms with Crippen LogP contribution in [0.5, 0.6) is 0 Å². The molecule has 1 rings (SSSR count). The molecule has 1 heterocycles. The van der Waals surface area contributed by atoms with E-state index in [0.717, 1.165) is 0 Å². The van der Waals surface area contributed by atoms with Crippen molar-refractivity contribution in [2.75, 3.05) is 18.5 Å². The van der Waals surface area contributed by atoms with Crippen molar-refractivity contribution < 1.29 is 18.3 Å². The topological polar surface area (TPSA) is 75.0 Å². The number of carbonyl (C=O) groups is 1. The number of aromatic nitrogens is 1. The zero-order valence-corrected chi connectivity index (χ0v) is 9.40. The molecule has 0 aliphatic rings. The van der Waals surface area contributed by atoms with Crippen molar-refractivity contribution in [2.45, 2.75) is 12.8 Å². The average molecular weight is 255 g/mol. The van der Waals surface area contributed by atoms with Crippen LogP contribution in [0.1, 0.15) is 12.0 Å². The van der Waals surface area contributed by atoms with E-state index in [1.807, 2.05) is 6.07 Å². The number of pyridine rings is 1. The van der Waals surface area contributed by atoms with E-state index in [9.17, 15) is 13.6 Å². The largest absolute Gasteiger partial charge is 0.375 e. The molecule has 0 saturated carbocycles. The highest BCUT2D eigenvalue weighted by atomic mass is 19.3. The molecule has 18 heavy (non-hydrogen) atoms. The van der Waals surface area contributed by atoms with E-state index in [-0.39, 0.29) is 18.9 Å². The summed E-state index contributed by atoms with van der Waals surface area (Å²) in [5.41, 5.74) is 0.383. The Labute approximate surface area is 102 Å². The Hall–Kier alpha value is -2.07. The minimum atomic E-state index is -2.53. The normalized spacial score (nSPS) is 10.1. The van der Waals surface area contributed by atoms with Gasteiger partial charge in [0, 0.05) is 6.20 Å². The summed E-state index contributed by atoms with van der Waals surface area (Å²) < 4.78 is 28.0. The third-order valence-corrected chi connectivity index (χ3v) is 1.88. The Balaban J connectivity index is 2.29. The molecule has 0 atom stereocenters. The molecule has 0 radical (unpaired) electrons. The molecule has 5 nitrogen and oxygen atoms in total. The molecule has 0 aliphatic heterocycles. The number of carbonyl (C=O) groups excluding carboxylic acids is 1. The molecule has 96 valence electrons. The van der Waals surface area contributed by atoms with Gasteiger partial charge in [-0.15, -0.1) is 0 Å². The predicted octanol–water partition coefficient (Wildman–Crippen LogP) is 1.56. The van der Waals surface area contributed by atoms with Crippen molar-refractivity contribution in [1.29, 1.82) is 5.26 Å². The first-order valence-corrected chi connectivity index (χ1v) is 5.13. The number of alkyl halides is 2. The lowest BCUT2D eigenvalue weighted by Crippen LogP contribution is -2.16. The standard InChI is InChI=1S/C11H11F2N3O2/c12-9(13)7-18-4-3-11(17)16-10-2-1-8(5-14)6-15-10/h1-2,6,9H,3-4,7H2,(H,15,16,17). The van der Waals surface area contributed by atoms with Crippen LogP contribution in [0, 0.1) is 11.3 Å². The van der Waals surface area contributed by atoms with Crippen molar-refractivity contribution in [3.8, 4) is 6.07 Å². The summed E-state index contributed by atoms with van der Waals surface area (Å²) in [4.78, 5) is 15.2. The van der Waals surface area contributed by atoms with Crippen molar-refractivity contribution in [3.63, 3.8) is 0 Å². The van der Waals surface area contributed by atoms with Gasteiger partial charge < -0.3 is 10.1 Å². The lowest BCUT2D eigenvalue weighted by molar-refractivity contribution is -0.117. The van der Waals surface area contributed by atoms with E-state index in [1.54, 1.807) is 0 Å². The highest BCUT2D eigenvalue weighted by molar-refractivity contribution is 5.89. The first-order chi connectivity index (χ1) is 8.61. The fourth-order valence-corrected chi connectivity index (χ4v) is 1.08. The number of amides is 1. The zero-order chi connectivity index (χ0) is 13.4. The van der Waals surface area contributed by atoms with Crippen LogP contribution in [-0.2, 0) is 9.53 Å². The molecule has 0 aromatic carbocycles. The fourth-order valence-electron chi connectivity index (χ4n) is 1.08. The number of nitriles is 1. The van der Waals surface area contributed by atoms with E-state index in [2.05, 4.69) is 15.0 Å². The van der Waals surface area contributed by atoms with Crippen molar-refractivity contribution in [2.24, 2.45) is 0 Å². The van der Waals surface area contributed by atoms with Gasteiger partial charge in [-0.05, 0) is 12.1 Å². The molecule has 0 spiro atoms. The quantitative estimate of drug-likeness (QED) is 0.783. The molecule has 0 unspecified atom stereocenters. The second-order valence-corrected chi connectivity index (χ2v) is 3.31. The summed E-state index contributed by atoms with van der Waals surface area (Å²) in [7, 11) is 0. The van der Waals surface area contributed by atoms with Crippen molar-refractivity contribution in [3.05, 3.63) is 23.9 Å². The van der Waals surface area contributed by atoms with Crippen LogP contribution >= 0.6 is 0 Å². The van der Waals surface area contributed by atoms with Gasteiger partial charge in [-0.3, -0.25) is 4.79 Å². The Bertz CT molecular complexity index is 429. The number of nitrogens with one attached hydrogen (secondary N) is 1. The van der Waals surface area contributed by atoms with E-state index in [1.165, 1.54) is 18.3 Å². The van der Waals surface area contributed by atoms with Crippen LogP contribution in [0.2, 0.25) is 0 Å². The van der Waals surface area contributed by atoms with Gasteiger partial charge in [-0.2, -0.15) is 5.26 Å². The Morgan fingerprint density at radius 1 is 1.56 bits per heavy atom. The van der Waals surface area contributed by atoms with Crippen LogP contribution < -0.4 is 5.32 Å². The molecule has 7 heteroatoms. The highest BCUT2D eigenvalue weighted by Crippen LogP contribution is 2.04. The zero-order valence-electron chi connectivity index (χ0n) is 9.40. The van der Waals surface area contributed by atoms with Crippen molar-refractivity contribution >= 4 is 11.7 Å². The predicted molar refractivity (Wildman–Crippen MR) is 59.0 cm³/mol. The van der Waals surface area contributed by atoms with E-state index >= 15 is 0 Å². The minimum absolute atomic E-state index is 0.0333. The van der Waals surface area contributed by atoms with Gasteiger partial charge in [-0.25, -0.2) is 13.8 Å². The lowest BCUT2D eigenvalue weighted by atomic mass is 10.3. The van der Waals surface area contributed by atoms with Gasteiger partial charge >= 0.3 is 0 Å². The molecule has 0 fully saturated rings. The lowest BCUT2D eigenvalue weighted by Gasteiger charge is -2.05. The molecule has 0 bridgehead atoms. The van der Waals surface area contributed by atoms with Crippen LogP contribution in [0.25, 0.3) is 0 Å². The minimum Gasteiger partial charge on any atom is -0.375 e. The number of halogens is 2. The molecule has 0 aliphatic carbocycles. The van der Waals surface area contributed by atoms with Crippen LogP contribution in [0.3, 0.4) is 0 Å². The van der Waals surface area contributed by atoms with Gasteiger partial charge in [-0.1, -0.05) is 0 Å². The van der Waals surface area contributed by atoms with E-state index in [4.69, 9.17) is 5.26 Å². The molecule has 1 N–H and O–H groups in total. The van der Waals surface area contributed by atoms with E-state index in [0.29, 0.717) is 11.4 Å².